The maximum atomic E-state index is 12.3. The van der Waals surface area contributed by atoms with Crippen molar-refractivity contribution in [1.29, 1.82) is 0 Å². The molecule has 1 amide bonds. The third-order valence-electron chi connectivity index (χ3n) is 4.35. The van der Waals surface area contributed by atoms with E-state index >= 15 is 0 Å². The fraction of sp³-hybridized carbons (Fsp3) is 0.0833. The Balaban J connectivity index is 1.79. The molecule has 0 bridgehead atoms. The molecule has 31 heavy (non-hydrogen) atoms. The van der Waals surface area contributed by atoms with E-state index in [2.05, 4.69) is 37.2 Å². The van der Waals surface area contributed by atoms with Gasteiger partial charge in [0, 0.05) is 5.56 Å². The highest BCUT2D eigenvalue weighted by Gasteiger charge is 2.15. The number of benzene rings is 3. The molecule has 0 radical (unpaired) electrons. The van der Waals surface area contributed by atoms with Crippen molar-refractivity contribution in [1.82, 2.24) is 5.32 Å². The van der Waals surface area contributed by atoms with Crippen LogP contribution in [0.5, 0.6) is 5.75 Å². The van der Waals surface area contributed by atoms with Gasteiger partial charge in [0.1, 0.15) is 18.1 Å². The molecule has 0 aliphatic heterocycles. The van der Waals surface area contributed by atoms with Gasteiger partial charge in [-0.25, -0.2) is 4.79 Å². The van der Waals surface area contributed by atoms with Crippen LogP contribution in [0.4, 0.5) is 0 Å². The van der Waals surface area contributed by atoms with Crippen LogP contribution in [0.1, 0.15) is 27.0 Å². The Bertz CT molecular complexity index is 1100. The van der Waals surface area contributed by atoms with Crippen LogP contribution in [0.2, 0.25) is 0 Å². The Labute approximate surface area is 197 Å². The van der Waals surface area contributed by atoms with Gasteiger partial charge in [0.15, 0.2) is 0 Å². The van der Waals surface area contributed by atoms with Crippen LogP contribution < -0.4 is 10.1 Å². The Morgan fingerprint density at radius 1 is 1.00 bits per heavy atom. The molecule has 2 N–H and O–H groups in total. The van der Waals surface area contributed by atoms with Crippen LogP contribution in [-0.4, -0.2) is 17.0 Å². The SMILES string of the molecule is Cc1ccc(COc2c(Br)cc(C=C(NC(=O)c3ccccc3)C(=O)O)cc2Br)cc1. The number of hydrogen-bond acceptors (Lipinski definition) is 3. The van der Waals surface area contributed by atoms with Crippen LogP contribution >= 0.6 is 31.9 Å². The van der Waals surface area contributed by atoms with Gasteiger partial charge in [-0.05, 0) is 80.3 Å². The summed E-state index contributed by atoms with van der Waals surface area (Å²) in [4.78, 5) is 24.0. The summed E-state index contributed by atoms with van der Waals surface area (Å²) in [6.45, 7) is 2.41. The second-order valence-corrected chi connectivity index (χ2v) is 8.48. The molecule has 0 aromatic heterocycles. The number of amides is 1. The molecule has 0 fully saturated rings. The molecule has 5 nitrogen and oxygen atoms in total. The van der Waals surface area contributed by atoms with Gasteiger partial charge in [0.25, 0.3) is 5.91 Å². The topological polar surface area (TPSA) is 75.6 Å². The largest absolute Gasteiger partial charge is 0.487 e. The summed E-state index contributed by atoms with van der Waals surface area (Å²) in [7, 11) is 0. The third kappa shape index (κ3) is 6.29. The zero-order valence-corrected chi connectivity index (χ0v) is 19.7. The Hall–Kier alpha value is -2.90. The van der Waals surface area contributed by atoms with Crippen LogP contribution in [0.3, 0.4) is 0 Å². The van der Waals surface area contributed by atoms with E-state index in [1.165, 1.54) is 11.6 Å². The Kier molecular flexibility index (Phi) is 7.65. The summed E-state index contributed by atoms with van der Waals surface area (Å²) in [5.41, 5.74) is 2.92. The lowest BCUT2D eigenvalue weighted by atomic mass is 10.1. The Morgan fingerprint density at radius 3 is 2.19 bits per heavy atom. The fourth-order valence-corrected chi connectivity index (χ4v) is 4.19. The minimum absolute atomic E-state index is 0.235. The summed E-state index contributed by atoms with van der Waals surface area (Å²) in [6, 6.07) is 19.9. The van der Waals surface area contributed by atoms with Gasteiger partial charge in [-0.1, -0.05) is 48.0 Å². The standard InChI is InChI=1S/C24H19Br2NO4/c1-15-7-9-16(10-8-15)14-31-22-19(25)11-17(12-20(22)26)13-21(24(29)30)27-23(28)18-5-3-2-4-6-18/h2-13H,14H2,1H3,(H,27,28)(H,29,30). The molecule has 0 aliphatic rings. The average molecular weight is 545 g/mol. The first kappa shape index (κ1) is 22.8. The van der Waals surface area contributed by atoms with Crippen molar-refractivity contribution in [3.63, 3.8) is 0 Å². The van der Waals surface area contributed by atoms with Crippen LogP contribution in [0.25, 0.3) is 6.08 Å². The van der Waals surface area contributed by atoms with E-state index in [0.717, 1.165) is 5.56 Å². The van der Waals surface area contributed by atoms with Crippen molar-refractivity contribution in [3.8, 4) is 5.75 Å². The van der Waals surface area contributed by atoms with Gasteiger partial charge in [-0.3, -0.25) is 4.79 Å². The molecular formula is C24H19Br2NO4. The first-order valence-electron chi connectivity index (χ1n) is 9.32. The van der Waals surface area contributed by atoms with Crippen LogP contribution in [-0.2, 0) is 11.4 Å². The number of hydrogen-bond donors (Lipinski definition) is 2. The molecule has 0 atom stereocenters. The summed E-state index contributed by atoms with van der Waals surface area (Å²) < 4.78 is 7.23. The number of rotatable bonds is 7. The first-order chi connectivity index (χ1) is 14.8. The lowest BCUT2D eigenvalue weighted by Crippen LogP contribution is -2.27. The minimum atomic E-state index is -1.24. The van der Waals surface area contributed by atoms with E-state index in [0.29, 0.717) is 32.4 Å². The predicted octanol–water partition coefficient (Wildman–Crippen LogP) is 5.95. The third-order valence-corrected chi connectivity index (χ3v) is 5.53. The van der Waals surface area contributed by atoms with Crippen molar-refractivity contribution in [2.75, 3.05) is 0 Å². The summed E-state index contributed by atoms with van der Waals surface area (Å²) in [6.07, 6.45) is 1.39. The van der Waals surface area contributed by atoms with Crippen molar-refractivity contribution in [2.24, 2.45) is 0 Å². The predicted molar refractivity (Wildman–Crippen MR) is 127 cm³/mol. The number of carbonyl (C=O) groups excluding carboxylic acids is 1. The number of carboxylic acid groups (broad SMARTS) is 1. The number of carbonyl (C=O) groups is 2. The highest BCUT2D eigenvalue weighted by Crippen LogP contribution is 2.36. The quantitative estimate of drug-likeness (QED) is 0.360. The number of nitrogens with one attached hydrogen (secondary N) is 1. The van der Waals surface area contributed by atoms with E-state index in [1.54, 1.807) is 42.5 Å². The minimum Gasteiger partial charge on any atom is -0.487 e. The summed E-state index contributed by atoms with van der Waals surface area (Å²) >= 11 is 6.96. The summed E-state index contributed by atoms with van der Waals surface area (Å²) in [5, 5.41) is 12.0. The van der Waals surface area contributed by atoms with Gasteiger partial charge in [-0.15, -0.1) is 0 Å². The fourth-order valence-electron chi connectivity index (χ4n) is 2.74. The maximum absolute atomic E-state index is 12.3. The highest BCUT2D eigenvalue weighted by molar-refractivity contribution is 9.11. The molecule has 0 heterocycles. The molecular weight excluding hydrogens is 526 g/mol. The van der Waals surface area contributed by atoms with Crippen molar-refractivity contribution in [2.45, 2.75) is 13.5 Å². The van der Waals surface area contributed by atoms with Gasteiger partial charge in [-0.2, -0.15) is 0 Å². The van der Waals surface area contributed by atoms with E-state index in [-0.39, 0.29) is 5.70 Å². The highest BCUT2D eigenvalue weighted by atomic mass is 79.9. The lowest BCUT2D eigenvalue weighted by Gasteiger charge is -2.12. The lowest BCUT2D eigenvalue weighted by molar-refractivity contribution is -0.132. The molecule has 0 aliphatic carbocycles. The molecule has 0 saturated heterocycles. The monoisotopic (exact) mass is 543 g/mol. The number of aryl methyl sites for hydroxylation is 1. The molecule has 158 valence electrons. The molecule has 3 rings (SSSR count). The van der Waals surface area contributed by atoms with Crippen molar-refractivity contribution in [3.05, 3.63) is 104 Å². The molecule has 7 heteroatoms. The first-order valence-corrected chi connectivity index (χ1v) is 10.9. The van der Waals surface area contributed by atoms with E-state index < -0.39 is 11.9 Å². The van der Waals surface area contributed by atoms with Gasteiger partial charge in [0.05, 0.1) is 8.95 Å². The van der Waals surface area contributed by atoms with Crippen LogP contribution in [0.15, 0.2) is 81.4 Å². The van der Waals surface area contributed by atoms with Gasteiger partial charge >= 0.3 is 5.97 Å². The summed E-state index contributed by atoms with van der Waals surface area (Å²) in [5.74, 6) is -1.13. The second-order valence-electron chi connectivity index (χ2n) is 6.77. The molecule has 0 saturated carbocycles. The van der Waals surface area contributed by atoms with E-state index in [4.69, 9.17) is 4.74 Å². The van der Waals surface area contributed by atoms with Crippen LogP contribution in [0, 0.1) is 6.92 Å². The van der Waals surface area contributed by atoms with Gasteiger partial charge in [0.2, 0.25) is 0 Å². The maximum Gasteiger partial charge on any atom is 0.352 e. The number of carboxylic acids is 1. The average Bonchev–Trinajstić information content (AvgIpc) is 2.74. The van der Waals surface area contributed by atoms with E-state index in [9.17, 15) is 14.7 Å². The molecule has 0 spiro atoms. The smallest absolute Gasteiger partial charge is 0.352 e. The number of halogens is 2. The Morgan fingerprint density at radius 2 is 1.61 bits per heavy atom. The number of aliphatic carboxylic acids is 1. The van der Waals surface area contributed by atoms with E-state index in [1.807, 2.05) is 31.2 Å². The number of ether oxygens (including phenoxy) is 1. The molecule has 3 aromatic carbocycles. The normalized spacial score (nSPS) is 11.1. The van der Waals surface area contributed by atoms with Crippen molar-refractivity contribution >= 4 is 49.8 Å². The molecule has 0 unspecified atom stereocenters. The molecule has 3 aromatic rings. The van der Waals surface area contributed by atoms with Gasteiger partial charge < -0.3 is 15.2 Å². The zero-order valence-electron chi connectivity index (χ0n) is 16.6. The van der Waals surface area contributed by atoms with Crippen molar-refractivity contribution < 1.29 is 19.4 Å². The second kappa shape index (κ2) is 10.4. The zero-order chi connectivity index (χ0) is 22.4.